The van der Waals surface area contributed by atoms with Crippen LogP contribution in [0.5, 0.6) is 0 Å². The highest BCUT2D eigenvalue weighted by Crippen LogP contribution is 2.42. The first kappa shape index (κ1) is 27.6. The number of hydrogen-bond donors (Lipinski definition) is 1. The fourth-order valence-electron chi connectivity index (χ4n) is 2.67. The van der Waals surface area contributed by atoms with E-state index in [1.54, 1.807) is 13.8 Å². The van der Waals surface area contributed by atoms with Crippen molar-refractivity contribution in [2.24, 2.45) is 0 Å². The Bertz CT molecular complexity index is 524. The molecule has 1 N–H and O–H groups in total. The van der Waals surface area contributed by atoms with Crippen LogP contribution >= 0.6 is 7.37 Å². The maximum absolute atomic E-state index is 12.2. The molecule has 0 fully saturated rings. The first-order valence-electron chi connectivity index (χ1n) is 10.6. The molecule has 0 rings (SSSR count). The Hall–Kier alpha value is -1.39. The first-order valence-corrected chi connectivity index (χ1v) is 12.6. The summed E-state index contributed by atoms with van der Waals surface area (Å²) in [7, 11) is -3.02. The Kier molecular flexibility index (Phi) is 15.6. The van der Waals surface area contributed by atoms with Crippen molar-refractivity contribution in [2.45, 2.75) is 78.1 Å². The lowest BCUT2D eigenvalue weighted by molar-refractivity contribution is -0.139. The number of unbranched alkanes of at least 4 members (excludes halogenated alkanes) is 8. The molecule has 0 aromatic heterocycles. The van der Waals surface area contributed by atoms with Gasteiger partial charge in [-0.05, 0) is 39.5 Å². The lowest BCUT2D eigenvalue weighted by Crippen LogP contribution is -2.06. The van der Waals surface area contributed by atoms with Gasteiger partial charge in [0.25, 0.3) is 0 Å². The predicted molar refractivity (Wildman–Crippen MR) is 117 cm³/mol. The molecule has 0 aromatic rings. The first-order chi connectivity index (χ1) is 13.7. The van der Waals surface area contributed by atoms with Gasteiger partial charge in [-0.15, -0.1) is 0 Å². The highest BCUT2D eigenvalue weighted by atomic mass is 31.2. The van der Waals surface area contributed by atoms with E-state index in [-0.39, 0.29) is 11.9 Å². The van der Waals surface area contributed by atoms with Crippen LogP contribution in [0.4, 0.5) is 0 Å². The summed E-state index contributed by atoms with van der Waals surface area (Å²) in [5.74, 6) is -0.699. The topological polar surface area (TPSA) is 89.9 Å². The molecule has 6 nitrogen and oxygen atoms in total. The molecule has 0 aliphatic carbocycles. The van der Waals surface area contributed by atoms with E-state index >= 15 is 0 Å². The monoisotopic (exact) mass is 430 g/mol. The molecule has 0 saturated carbocycles. The lowest BCUT2D eigenvalue weighted by Gasteiger charge is -2.11. The molecule has 0 spiro atoms. The summed E-state index contributed by atoms with van der Waals surface area (Å²) in [4.78, 5) is 32.5. The minimum absolute atomic E-state index is 0.350. The van der Waals surface area contributed by atoms with Crippen molar-refractivity contribution in [3.05, 3.63) is 24.3 Å². The molecule has 0 saturated heterocycles. The number of carbonyl (C=O) groups excluding carboxylic acids is 2. The smallest absolute Gasteiger partial charge is 0.333 e. The van der Waals surface area contributed by atoms with Crippen LogP contribution in [0.3, 0.4) is 0 Å². The van der Waals surface area contributed by atoms with Gasteiger partial charge in [-0.2, -0.15) is 0 Å². The second-order valence-corrected chi connectivity index (χ2v) is 10.2. The Balaban J connectivity index is 3.52. The third-order valence-corrected chi connectivity index (χ3v) is 6.50. The van der Waals surface area contributed by atoms with Crippen molar-refractivity contribution in [1.82, 2.24) is 0 Å². The molecule has 29 heavy (non-hydrogen) atoms. The molecule has 0 radical (unpaired) electrons. The number of esters is 2. The third-order valence-electron chi connectivity index (χ3n) is 4.47. The zero-order valence-electron chi connectivity index (χ0n) is 18.2. The van der Waals surface area contributed by atoms with Crippen LogP contribution in [-0.4, -0.2) is 42.4 Å². The van der Waals surface area contributed by atoms with E-state index in [9.17, 15) is 19.0 Å². The van der Waals surface area contributed by atoms with Gasteiger partial charge in [0, 0.05) is 23.5 Å². The fourth-order valence-corrected chi connectivity index (χ4v) is 4.33. The van der Waals surface area contributed by atoms with Gasteiger partial charge in [-0.3, -0.25) is 4.57 Å². The van der Waals surface area contributed by atoms with Gasteiger partial charge >= 0.3 is 11.9 Å². The molecule has 0 aromatic carbocycles. The molecule has 0 unspecified atom stereocenters. The van der Waals surface area contributed by atoms with Gasteiger partial charge in [0.15, 0.2) is 0 Å². The van der Waals surface area contributed by atoms with E-state index < -0.39 is 7.37 Å². The molecule has 0 aliphatic heterocycles. The van der Waals surface area contributed by atoms with Crippen LogP contribution in [0.15, 0.2) is 24.3 Å². The Morgan fingerprint density at radius 3 is 1.34 bits per heavy atom. The number of rotatable bonds is 18. The van der Waals surface area contributed by atoms with Crippen LogP contribution < -0.4 is 0 Å². The van der Waals surface area contributed by atoms with Crippen LogP contribution in [0.25, 0.3) is 0 Å². The van der Waals surface area contributed by atoms with E-state index in [4.69, 9.17) is 9.47 Å². The number of carbonyl (C=O) groups is 2. The largest absolute Gasteiger partial charge is 0.462 e. The number of hydrogen-bond acceptors (Lipinski definition) is 5. The van der Waals surface area contributed by atoms with Gasteiger partial charge in [0.1, 0.15) is 0 Å². The van der Waals surface area contributed by atoms with Gasteiger partial charge in [-0.25, -0.2) is 9.59 Å². The maximum atomic E-state index is 12.2. The van der Waals surface area contributed by atoms with Crippen LogP contribution in [0.2, 0.25) is 0 Å². The van der Waals surface area contributed by atoms with E-state index in [2.05, 4.69) is 13.2 Å². The molecule has 7 heteroatoms. The molecule has 0 aliphatic rings. The number of ether oxygens (including phenoxy) is 2. The van der Waals surface area contributed by atoms with Gasteiger partial charge in [-0.1, -0.05) is 51.7 Å². The van der Waals surface area contributed by atoms with E-state index in [0.29, 0.717) is 36.7 Å². The Morgan fingerprint density at radius 1 is 0.690 bits per heavy atom. The van der Waals surface area contributed by atoms with Gasteiger partial charge in [0.2, 0.25) is 7.37 Å². The predicted octanol–water partition coefficient (Wildman–Crippen LogP) is 5.40. The van der Waals surface area contributed by atoms with Crippen LogP contribution in [0, 0.1) is 0 Å². The Labute approximate surface area is 176 Å². The molecular formula is C22H39O6P. The van der Waals surface area contributed by atoms with Crippen LogP contribution in [-0.2, 0) is 23.6 Å². The lowest BCUT2D eigenvalue weighted by atomic mass is 10.2. The average molecular weight is 431 g/mol. The standard InChI is InChI=1S/C22H39O6P/c1-19(2)21(23)27-15-11-7-5-9-13-17-29(25,26)18-14-10-6-8-12-16-28-22(24)20(3)4/h1,3,5-18H2,2,4H3,(H,25,26). The van der Waals surface area contributed by atoms with Crippen LogP contribution in [0.1, 0.15) is 78.1 Å². The normalized spacial score (nSPS) is 11.1. The minimum atomic E-state index is -3.02. The fraction of sp³-hybridized carbons (Fsp3) is 0.727. The SMILES string of the molecule is C=C(C)C(=O)OCCCCCCCP(=O)(O)CCCCCCCOC(=O)C(=C)C. The quantitative estimate of drug-likeness (QED) is 0.136. The summed E-state index contributed by atoms with van der Waals surface area (Å²) >= 11 is 0. The molecule has 0 atom stereocenters. The molecular weight excluding hydrogens is 391 g/mol. The van der Waals surface area contributed by atoms with Crippen molar-refractivity contribution < 1.29 is 28.5 Å². The van der Waals surface area contributed by atoms with Crippen molar-refractivity contribution in [2.75, 3.05) is 25.5 Å². The maximum Gasteiger partial charge on any atom is 0.333 e. The highest BCUT2D eigenvalue weighted by molar-refractivity contribution is 7.57. The molecule has 0 amide bonds. The van der Waals surface area contributed by atoms with Gasteiger partial charge < -0.3 is 14.4 Å². The average Bonchev–Trinajstić information content (AvgIpc) is 2.65. The summed E-state index contributed by atoms with van der Waals surface area (Å²) in [5, 5.41) is 0. The van der Waals surface area contributed by atoms with Crippen molar-refractivity contribution >= 4 is 19.3 Å². The summed E-state index contributed by atoms with van der Waals surface area (Å²) in [6, 6.07) is 0. The summed E-state index contributed by atoms with van der Waals surface area (Å²) < 4.78 is 22.2. The van der Waals surface area contributed by atoms with E-state index in [1.165, 1.54) is 0 Å². The van der Waals surface area contributed by atoms with Gasteiger partial charge in [0.05, 0.1) is 13.2 Å². The summed E-state index contributed by atoms with van der Waals surface area (Å²) in [5.41, 5.74) is 0.820. The summed E-state index contributed by atoms with van der Waals surface area (Å²) in [6.45, 7) is 11.1. The van der Waals surface area contributed by atoms with Crippen molar-refractivity contribution in [3.63, 3.8) is 0 Å². The Morgan fingerprint density at radius 2 is 1.00 bits per heavy atom. The third kappa shape index (κ3) is 17.2. The zero-order chi connectivity index (χ0) is 22.1. The molecule has 0 heterocycles. The van der Waals surface area contributed by atoms with E-state index in [1.807, 2.05) is 0 Å². The second kappa shape index (κ2) is 16.4. The van der Waals surface area contributed by atoms with Crippen molar-refractivity contribution in [3.8, 4) is 0 Å². The minimum Gasteiger partial charge on any atom is -0.462 e. The zero-order valence-corrected chi connectivity index (χ0v) is 19.1. The summed E-state index contributed by atoms with van der Waals surface area (Å²) in [6.07, 6.45) is 9.57. The molecule has 168 valence electrons. The van der Waals surface area contributed by atoms with E-state index in [0.717, 1.165) is 64.2 Å². The highest BCUT2D eigenvalue weighted by Gasteiger charge is 2.16. The van der Waals surface area contributed by atoms with Crippen molar-refractivity contribution in [1.29, 1.82) is 0 Å². The molecule has 0 bridgehead atoms. The second-order valence-electron chi connectivity index (χ2n) is 7.66.